The van der Waals surface area contributed by atoms with Crippen molar-refractivity contribution in [1.82, 2.24) is 4.90 Å². The molecule has 2 N–H and O–H groups in total. The first-order valence-corrected chi connectivity index (χ1v) is 6.65. The molecular weight excluding hydrogens is 184 g/mol. The summed E-state index contributed by atoms with van der Waals surface area (Å²) in [7, 11) is 0. The van der Waals surface area contributed by atoms with E-state index in [-0.39, 0.29) is 0 Å². The van der Waals surface area contributed by atoms with Gasteiger partial charge in [0.05, 0.1) is 0 Å². The zero-order valence-electron chi connectivity index (χ0n) is 10.3. The summed E-state index contributed by atoms with van der Waals surface area (Å²) in [5.74, 6) is 0.773. The largest absolute Gasteiger partial charge is 0.329 e. The van der Waals surface area contributed by atoms with Crippen LogP contribution >= 0.6 is 0 Å². The van der Waals surface area contributed by atoms with Crippen LogP contribution in [0, 0.1) is 5.92 Å². The van der Waals surface area contributed by atoms with E-state index in [1.807, 2.05) is 0 Å². The Labute approximate surface area is 94.2 Å². The summed E-state index contributed by atoms with van der Waals surface area (Å²) in [5, 5.41) is 0. The molecule has 0 spiro atoms. The molecule has 2 rings (SSSR count). The van der Waals surface area contributed by atoms with Crippen LogP contribution in [0.25, 0.3) is 0 Å². The van der Waals surface area contributed by atoms with Gasteiger partial charge >= 0.3 is 0 Å². The zero-order valence-corrected chi connectivity index (χ0v) is 10.3. The molecule has 2 heteroatoms. The molecule has 0 aromatic rings. The van der Waals surface area contributed by atoms with Crippen molar-refractivity contribution in [2.45, 2.75) is 64.0 Å². The molecule has 2 saturated carbocycles. The molecule has 88 valence electrons. The van der Waals surface area contributed by atoms with E-state index in [0.29, 0.717) is 5.54 Å². The fraction of sp³-hybridized carbons (Fsp3) is 1.00. The first-order chi connectivity index (χ1) is 7.18. The molecule has 0 heterocycles. The van der Waals surface area contributed by atoms with Gasteiger partial charge in [-0.3, -0.25) is 4.90 Å². The Bertz CT molecular complexity index is 203. The van der Waals surface area contributed by atoms with Gasteiger partial charge in [-0.2, -0.15) is 0 Å². The fourth-order valence-corrected chi connectivity index (χ4v) is 3.15. The Balaban J connectivity index is 2.06. The van der Waals surface area contributed by atoms with E-state index in [2.05, 4.69) is 18.7 Å². The van der Waals surface area contributed by atoms with Gasteiger partial charge in [0, 0.05) is 24.7 Å². The quantitative estimate of drug-likeness (QED) is 0.755. The zero-order chi connectivity index (χ0) is 10.9. The predicted octanol–water partition coefficient (Wildman–Crippen LogP) is 2.38. The van der Waals surface area contributed by atoms with Crippen LogP contribution in [0.2, 0.25) is 0 Å². The number of hydrogen-bond acceptors (Lipinski definition) is 2. The second kappa shape index (κ2) is 4.42. The topological polar surface area (TPSA) is 29.3 Å². The lowest BCUT2D eigenvalue weighted by molar-refractivity contribution is 0.0764. The van der Waals surface area contributed by atoms with Crippen LogP contribution in [-0.4, -0.2) is 29.6 Å². The van der Waals surface area contributed by atoms with Gasteiger partial charge in [-0.1, -0.05) is 26.7 Å². The number of rotatable bonds is 5. The highest BCUT2D eigenvalue weighted by atomic mass is 15.3. The minimum absolute atomic E-state index is 0.380. The molecular formula is C13H26N2. The molecule has 0 saturated heterocycles. The van der Waals surface area contributed by atoms with Crippen LogP contribution in [0.1, 0.15) is 52.4 Å². The minimum atomic E-state index is 0.380. The van der Waals surface area contributed by atoms with Gasteiger partial charge in [-0.05, 0) is 31.6 Å². The van der Waals surface area contributed by atoms with Crippen molar-refractivity contribution in [2.24, 2.45) is 11.7 Å². The van der Waals surface area contributed by atoms with Gasteiger partial charge in [0.1, 0.15) is 0 Å². The molecule has 0 aliphatic heterocycles. The normalized spacial score (nSPS) is 25.4. The molecule has 15 heavy (non-hydrogen) atoms. The molecule has 0 aromatic heterocycles. The molecule has 2 aliphatic carbocycles. The maximum Gasteiger partial charge on any atom is 0.0334 e. The van der Waals surface area contributed by atoms with E-state index in [9.17, 15) is 0 Å². The van der Waals surface area contributed by atoms with Gasteiger partial charge in [-0.15, -0.1) is 0 Å². The van der Waals surface area contributed by atoms with Gasteiger partial charge in [0.25, 0.3) is 0 Å². The second-order valence-electron chi connectivity index (χ2n) is 5.91. The maximum atomic E-state index is 6.07. The van der Waals surface area contributed by atoms with Crippen molar-refractivity contribution >= 4 is 0 Å². The highest BCUT2D eigenvalue weighted by Crippen LogP contribution is 2.41. The first kappa shape index (κ1) is 11.4. The summed E-state index contributed by atoms with van der Waals surface area (Å²) < 4.78 is 0. The smallest absolute Gasteiger partial charge is 0.0334 e. The van der Waals surface area contributed by atoms with E-state index >= 15 is 0 Å². The third-order valence-electron chi connectivity index (χ3n) is 4.07. The Kier molecular flexibility index (Phi) is 3.36. The predicted molar refractivity (Wildman–Crippen MR) is 64.8 cm³/mol. The molecule has 2 aliphatic rings. The molecule has 0 radical (unpaired) electrons. The van der Waals surface area contributed by atoms with E-state index in [0.717, 1.165) is 18.5 Å². The lowest BCUT2D eigenvalue weighted by atomic mass is 9.93. The van der Waals surface area contributed by atoms with Gasteiger partial charge in [0.15, 0.2) is 0 Å². The van der Waals surface area contributed by atoms with Crippen molar-refractivity contribution in [3.63, 3.8) is 0 Å². The summed E-state index contributed by atoms with van der Waals surface area (Å²) in [4.78, 5) is 2.77. The van der Waals surface area contributed by atoms with E-state index < -0.39 is 0 Å². The molecule has 0 unspecified atom stereocenters. The van der Waals surface area contributed by atoms with Crippen LogP contribution in [-0.2, 0) is 0 Å². The second-order valence-corrected chi connectivity index (χ2v) is 5.91. The van der Waals surface area contributed by atoms with E-state index in [4.69, 9.17) is 5.73 Å². The van der Waals surface area contributed by atoms with E-state index in [1.54, 1.807) is 0 Å². The molecule has 0 atom stereocenters. The van der Waals surface area contributed by atoms with Crippen LogP contribution in [0.5, 0.6) is 0 Å². The average molecular weight is 210 g/mol. The monoisotopic (exact) mass is 210 g/mol. The Hall–Kier alpha value is -0.0800. The van der Waals surface area contributed by atoms with Gasteiger partial charge < -0.3 is 5.73 Å². The Morgan fingerprint density at radius 3 is 2.27 bits per heavy atom. The minimum Gasteiger partial charge on any atom is -0.329 e. The summed E-state index contributed by atoms with van der Waals surface area (Å²) >= 11 is 0. The third kappa shape index (κ3) is 2.36. The number of nitrogens with two attached hydrogens (primary N) is 1. The van der Waals surface area contributed by atoms with Gasteiger partial charge in [0.2, 0.25) is 0 Å². The van der Waals surface area contributed by atoms with Crippen LogP contribution in [0.15, 0.2) is 0 Å². The highest BCUT2D eigenvalue weighted by Gasteiger charge is 2.44. The van der Waals surface area contributed by atoms with Crippen LogP contribution in [0.4, 0.5) is 0 Å². The number of hydrogen-bond donors (Lipinski definition) is 1. The molecule has 0 aromatic carbocycles. The summed E-state index contributed by atoms with van der Waals surface area (Å²) in [6.45, 7) is 6.78. The Morgan fingerprint density at radius 1 is 1.27 bits per heavy atom. The van der Waals surface area contributed by atoms with Crippen molar-refractivity contribution in [3.05, 3.63) is 0 Å². The average Bonchev–Trinajstić information content (AvgIpc) is 2.92. The lowest BCUT2D eigenvalue weighted by Gasteiger charge is -2.42. The van der Waals surface area contributed by atoms with Gasteiger partial charge in [-0.25, -0.2) is 0 Å². The Morgan fingerprint density at radius 2 is 1.87 bits per heavy atom. The molecule has 2 nitrogen and oxygen atoms in total. The first-order valence-electron chi connectivity index (χ1n) is 6.65. The van der Waals surface area contributed by atoms with Crippen molar-refractivity contribution < 1.29 is 0 Å². The van der Waals surface area contributed by atoms with Crippen molar-refractivity contribution in [1.29, 1.82) is 0 Å². The number of nitrogens with zero attached hydrogens (tertiary/aromatic N) is 1. The SMILES string of the molecule is CC(C)CN(C1CC1)C1(CN)CCCC1. The van der Waals surface area contributed by atoms with Crippen molar-refractivity contribution in [3.8, 4) is 0 Å². The van der Waals surface area contributed by atoms with Crippen molar-refractivity contribution in [2.75, 3.05) is 13.1 Å². The fourth-order valence-electron chi connectivity index (χ4n) is 3.15. The maximum absolute atomic E-state index is 6.07. The third-order valence-corrected chi connectivity index (χ3v) is 4.07. The summed E-state index contributed by atoms with van der Waals surface area (Å²) in [5.41, 5.74) is 6.45. The molecule has 2 fully saturated rings. The van der Waals surface area contributed by atoms with Crippen LogP contribution < -0.4 is 5.73 Å². The standard InChI is InChI=1S/C13H26N2/c1-11(2)9-15(12-5-6-12)13(10-14)7-3-4-8-13/h11-12H,3-10,14H2,1-2H3. The van der Waals surface area contributed by atoms with Crippen LogP contribution in [0.3, 0.4) is 0 Å². The lowest BCUT2D eigenvalue weighted by Crippen LogP contribution is -2.54. The molecule has 0 bridgehead atoms. The molecule has 0 amide bonds. The summed E-state index contributed by atoms with van der Waals surface area (Å²) in [6, 6.07) is 0.869. The van der Waals surface area contributed by atoms with E-state index in [1.165, 1.54) is 45.1 Å². The highest BCUT2D eigenvalue weighted by molar-refractivity contribution is 5.01. The summed E-state index contributed by atoms with van der Waals surface area (Å²) in [6.07, 6.45) is 8.28.